The van der Waals surface area contributed by atoms with E-state index in [2.05, 4.69) is 29.8 Å². The molecule has 1 aromatic carbocycles. The minimum Gasteiger partial charge on any atom is -0.493 e. The number of halogens is 2. The lowest BCUT2D eigenvalue weighted by Gasteiger charge is -2.31. The summed E-state index contributed by atoms with van der Waals surface area (Å²) < 4.78 is 5.85. The van der Waals surface area contributed by atoms with Crippen molar-refractivity contribution in [1.82, 2.24) is 0 Å². The van der Waals surface area contributed by atoms with Crippen LogP contribution in [0, 0.1) is 15.5 Å². The Kier molecular flexibility index (Phi) is 7.46. The lowest BCUT2D eigenvalue weighted by molar-refractivity contribution is -0.384. The second kappa shape index (κ2) is 8.59. The second-order valence-corrected chi connectivity index (χ2v) is 6.26. The predicted molar refractivity (Wildman–Crippen MR) is 89.6 cm³/mol. The summed E-state index contributed by atoms with van der Waals surface area (Å²) >= 11 is 9.50. The largest absolute Gasteiger partial charge is 0.493 e. The molecule has 0 heterocycles. The van der Waals surface area contributed by atoms with Crippen molar-refractivity contribution in [2.45, 2.75) is 39.5 Å². The Hall–Kier alpha value is -0.810. The first-order valence-corrected chi connectivity index (χ1v) is 8.60. The van der Waals surface area contributed by atoms with E-state index in [1.807, 2.05) is 0 Å². The average Bonchev–Trinajstić information content (AvgIpc) is 2.45. The highest BCUT2D eigenvalue weighted by molar-refractivity contribution is 9.09. The molecule has 0 radical (unpaired) electrons. The number of nitro groups is 1. The Bertz CT molecular complexity index is 476. The van der Waals surface area contributed by atoms with Crippen molar-refractivity contribution in [3.63, 3.8) is 0 Å². The first kappa shape index (κ1) is 18.2. The number of rotatable bonds is 9. The molecule has 0 amide bonds. The fraction of sp³-hybridized carbons (Fsp3) is 0.600. The standard InChI is InChI=1S/C15H21BrClNO3/c1-3-7-15(10-16,8-4-2)11-21-12-5-6-14(18(19)20)13(17)9-12/h5-6,9H,3-4,7-8,10-11H2,1-2H3. The molecule has 6 heteroatoms. The van der Waals surface area contributed by atoms with E-state index in [9.17, 15) is 10.1 Å². The Morgan fingerprint density at radius 3 is 2.38 bits per heavy atom. The zero-order valence-electron chi connectivity index (χ0n) is 12.4. The van der Waals surface area contributed by atoms with E-state index in [0.717, 1.165) is 31.0 Å². The summed E-state index contributed by atoms with van der Waals surface area (Å²) in [4.78, 5) is 10.2. The van der Waals surface area contributed by atoms with Gasteiger partial charge in [-0.1, -0.05) is 54.2 Å². The van der Waals surface area contributed by atoms with Gasteiger partial charge in [-0.3, -0.25) is 10.1 Å². The maximum absolute atomic E-state index is 10.7. The quantitative estimate of drug-likeness (QED) is 0.319. The molecule has 0 atom stereocenters. The molecule has 0 unspecified atom stereocenters. The molecule has 0 bridgehead atoms. The molecule has 0 aliphatic carbocycles. The minimum atomic E-state index is -0.497. The van der Waals surface area contributed by atoms with Crippen LogP contribution >= 0.6 is 27.5 Å². The summed E-state index contributed by atoms with van der Waals surface area (Å²) in [5.41, 5.74) is -0.00419. The van der Waals surface area contributed by atoms with Gasteiger partial charge in [0.1, 0.15) is 10.8 Å². The molecule has 0 saturated carbocycles. The Labute approximate surface area is 139 Å². The van der Waals surface area contributed by atoms with Crippen LogP contribution in [0.3, 0.4) is 0 Å². The van der Waals surface area contributed by atoms with Crippen LogP contribution in [-0.4, -0.2) is 16.9 Å². The SMILES string of the molecule is CCCC(CBr)(CCC)COc1ccc([N+](=O)[O-])c(Cl)c1. The summed E-state index contributed by atoms with van der Waals surface area (Å²) in [6, 6.07) is 4.49. The van der Waals surface area contributed by atoms with Crippen LogP contribution in [0.15, 0.2) is 18.2 Å². The summed E-state index contributed by atoms with van der Waals surface area (Å²) in [5.74, 6) is 0.572. The number of nitrogens with zero attached hydrogens (tertiary/aromatic N) is 1. The fourth-order valence-electron chi connectivity index (χ4n) is 2.46. The maximum Gasteiger partial charge on any atom is 0.288 e. The van der Waals surface area contributed by atoms with Gasteiger partial charge in [0, 0.05) is 22.9 Å². The van der Waals surface area contributed by atoms with Crippen LogP contribution in [0.1, 0.15) is 39.5 Å². The van der Waals surface area contributed by atoms with E-state index < -0.39 is 4.92 Å². The molecule has 1 aromatic rings. The van der Waals surface area contributed by atoms with Crippen molar-refractivity contribution in [3.05, 3.63) is 33.3 Å². The van der Waals surface area contributed by atoms with Crippen LogP contribution in [0.5, 0.6) is 5.75 Å². The zero-order valence-corrected chi connectivity index (χ0v) is 14.7. The first-order valence-electron chi connectivity index (χ1n) is 7.10. The Balaban J connectivity index is 2.80. The third-order valence-corrected chi connectivity index (χ3v) is 5.00. The highest BCUT2D eigenvalue weighted by Crippen LogP contribution is 2.34. The van der Waals surface area contributed by atoms with Crippen molar-refractivity contribution in [2.75, 3.05) is 11.9 Å². The number of ether oxygens (including phenoxy) is 1. The molecule has 0 N–H and O–H groups in total. The van der Waals surface area contributed by atoms with Gasteiger partial charge >= 0.3 is 0 Å². The molecular formula is C15H21BrClNO3. The average molecular weight is 379 g/mol. The number of hydrogen-bond donors (Lipinski definition) is 0. The number of nitro benzene ring substituents is 1. The second-order valence-electron chi connectivity index (χ2n) is 5.29. The van der Waals surface area contributed by atoms with Crippen LogP contribution in [0.25, 0.3) is 0 Å². The first-order chi connectivity index (χ1) is 9.98. The Morgan fingerprint density at radius 2 is 1.95 bits per heavy atom. The highest BCUT2D eigenvalue weighted by Gasteiger charge is 2.28. The molecule has 118 valence electrons. The zero-order chi connectivity index (χ0) is 15.9. The van der Waals surface area contributed by atoms with E-state index in [0.29, 0.717) is 12.4 Å². The highest BCUT2D eigenvalue weighted by atomic mass is 79.9. The van der Waals surface area contributed by atoms with Crippen molar-refractivity contribution in [3.8, 4) is 5.75 Å². The van der Waals surface area contributed by atoms with Gasteiger partial charge < -0.3 is 4.74 Å². The summed E-state index contributed by atoms with van der Waals surface area (Å²) in [6.45, 7) is 4.90. The molecule has 0 aliphatic heterocycles. The molecule has 0 fully saturated rings. The van der Waals surface area contributed by atoms with Gasteiger partial charge in [0.05, 0.1) is 11.5 Å². The molecule has 1 rings (SSSR count). The van der Waals surface area contributed by atoms with Gasteiger partial charge in [-0.15, -0.1) is 0 Å². The summed E-state index contributed by atoms with van der Waals surface area (Å²) in [5, 5.41) is 11.7. The molecule has 0 aliphatic rings. The fourth-order valence-corrected chi connectivity index (χ4v) is 3.43. The molecular weight excluding hydrogens is 358 g/mol. The number of benzene rings is 1. The molecule has 0 saturated heterocycles. The van der Waals surface area contributed by atoms with Gasteiger partial charge in [-0.05, 0) is 18.9 Å². The molecule has 21 heavy (non-hydrogen) atoms. The van der Waals surface area contributed by atoms with Crippen LogP contribution in [-0.2, 0) is 0 Å². The smallest absolute Gasteiger partial charge is 0.288 e. The predicted octanol–water partition coefficient (Wildman–Crippen LogP) is 5.61. The summed E-state index contributed by atoms with van der Waals surface area (Å²) in [6.07, 6.45) is 4.34. The van der Waals surface area contributed by atoms with Crippen LogP contribution < -0.4 is 4.74 Å². The van der Waals surface area contributed by atoms with E-state index in [-0.39, 0.29) is 16.1 Å². The number of hydrogen-bond acceptors (Lipinski definition) is 3. The third-order valence-electron chi connectivity index (χ3n) is 3.50. The van der Waals surface area contributed by atoms with E-state index >= 15 is 0 Å². The van der Waals surface area contributed by atoms with E-state index in [1.54, 1.807) is 6.07 Å². The van der Waals surface area contributed by atoms with Crippen molar-refractivity contribution in [2.24, 2.45) is 5.41 Å². The van der Waals surface area contributed by atoms with Crippen molar-refractivity contribution in [1.29, 1.82) is 0 Å². The van der Waals surface area contributed by atoms with Crippen LogP contribution in [0.2, 0.25) is 5.02 Å². The monoisotopic (exact) mass is 377 g/mol. The Morgan fingerprint density at radius 1 is 1.33 bits per heavy atom. The van der Waals surface area contributed by atoms with Gasteiger partial charge in [0.25, 0.3) is 5.69 Å². The van der Waals surface area contributed by atoms with Gasteiger partial charge in [-0.2, -0.15) is 0 Å². The third kappa shape index (κ3) is 5.15. The van der Waals surface area contributed by atoms with Gasteiger partial charge in [0.15, 0.2) is 0 Å². The lowest BCUT2D eigenvalue weighted by Crippen LogP contribution is -2.30. The molecule has 0 aromatic heterocycles. The number of alkyl halides is 1. The van der Waals surface area contributed by atoms with Gasteiger partial charge in [-0.25, -0.2) is 0 Å². The van der Waals surface area contributed by atoms with Crippen molar-refractivity contribution < 1.29 is 9.66 Å². The molecule has 4 nitrogen and oxygen atoms in total. The van der Waals surface area contributed by atoms with Crippen molar-refractivity contribution >= 4 is 33.2 Å². The van der Waals surface area contributed by atoms with Gasteiger partial charge in [0.2, 0.25) is 0 Å². The summed E-state index contributed by atoms with van der Waals surface area (Å²) in [7, 11) is 0. The minimum absolute atomic E-state index is 0.0950. The lowest BCUT2D eigenvalue weighted by atomic mass is 9.82. The topological polar surface area (TPSA) is 52.4 Å². The maximum atomic E-state index is 10.7. The molecule has 0 spiro atoms. The van der Waals surface area contributed by atoms with Crippen LogP contribution in [0.4, 0.5) is 5.69 Å². The van der Waals surface area contributed by atoms with E-state index in [1.165, 1.54) is 12.1 Å². The normalized spacial score (nSPS) is 11.4. The van der Waals surface area contributed by atoms with E-state index in [4.69, 9.17) is 16.3 Å².